The summed E-state index contributed by atoms with van der Waals surface area (Å²) in [4.78, 5) is 17.3. The fourth-order valence-electron chi connectivity index (χ4n) is 4.35. The van der Waals surface area contributed by atoms with Crippen molar-refractivity contribution in [2.75, 3.05) is 5.32 Å². The van der Waals surface area contributed by atoms with Gasteiger partial charge in [0.25, 0.3) is 0 Å². The van der Waals surface area contributed by atoms with Crippen molar-refractivity contribution in [3.63, 3.8) is 0 Å². The van der Waals surface area contributed by atoms with Crippen molar-refractivity contribution in [3.05, 3.63) is 23.8 Å². The smallest absolute Gasteiger partial charge is 0.229 e. The highest BCUT2D eigenvalue weighted by Gasteiger charge is 2.40. The van der Waals surface area contributed by atoms with Gasteiger partial charge < -0.3 is 11.1 Å². The number of carbonyl (C=O) groups excluding carboxylic acids is 1. The summed E-state index contributed by atoms with van der Waals surface area (Å²) in [6.07, 6.45) is 5.51. The summed E-state index contributed by atoms with van der Waals surface area (Å²) < 4.78 is 1.13. The van der Waals surface area contributed by atoms with Crippen molar-refractivity contribution in [1.82, 2.24) is 4.98 Å². The highest BCUT2D eigenvalue weighted by molar-refractivity contribution is 7.22. The third-order valence-electron chi connectivity index (χ3n) is 5.63. The van der Waals surface area contributed by atoms with E-state index in [2.05, 4.69) is 29.4 Å². The molecule has 6 heteroatoms. The summed E-state index contributed by atoms with van der Waals surface area (Å²) in [5.41, 5.74) is 8.47. The predicted octanol–water partition coefficient (Wildman–Crippen LogP) is 4.12. The summed E-state index contributed by atoms with van der Waals surface area (Å²) in [5, 5.41) is 3.78. The number of aromatic nitrogens is 1. The van der Waals surface area contributed by atoms with Crippen LogP contribution in [-0.2, 0) is 4.79 Å². The third-order valence-corrected chi connectivity index (χ3v) is 6.57. The van der Waals surface area contributed by atoms with E-state index in [1.165, 1.54) is 19.3 Å². The molecule has 2 atom stereocenters. The number of thiazole rings is 1. The summed E-state index contributed by atoms with van der Waals surface area (Å²) in [6, 6.07) is 6.44. The van der Waals surface area contributed by atoms with Gasteiger partial charge in [-0.1, -0.05) is 29.9 Å². The van der Waals surface area contributed by atoms with Gasteiger partial charge in [-0.15, -0.1) is 12.4 Å². The molecule has 24 heavy (non-hydrogen) atoms. The van der Waals surface area contributed by atoms with Crippen molar-refractivity contribution in [2.24, 2.45) is 23.5 Å². The summed E-state index contributed by atoms with van der Waals surface area (Å²) in [7, 11) is 0. The number of benzene rings is 1. The van der Waals surface area contributed by atoms with Crippen molar-refractivity contribution in [2.45, 2.75) is 45.1 Å². The first kappa shape index (κ1) is 17.6. The number of carbonyl (C=O) groups is 1. The van der Waals surface area contributed by atoms with Crippen LogP contribution in [0.4, 0.5) is 5.13 Å². The van der Waals surface area contributed by atoms with Gasteiger partial charge in [0, 0.05) is 12.0 Å². The van der Waals surface area contributed by atoms with Gasteiger partial charge in [-0.05, 0) is 56.1 Å². The average Bonchev–Trinajstić information content (AvgIpc) is 2.91. The number of hydrogen-bond acceptors (Lipinski definition) is 4. The van der Waals surface area contributed by atoms with Crippen LogP contribution in [0.1, 0.15) is 37.7 Å². The highest BCUT2D eigenvalue weighted by Crippen LogP contribution is 2.42. The molecular weight excluding hydrogens is 342 g/mol. The monoisotopic (exact) mass is 365 g/mol. The first-order valence-corrected chi connectivity index (χ1v) is 9.36. The molecule has 2 aromatic rings. The summed E-state index contributed by atoms with van der Waals surface area (Å²) in [5.74, 6) is 1.27. The molecule has 0 aliphatic heterocycles. The molecule has 4 rings (SSSR count). The molecule has 4 nitrogen and oxygen atoms in total. The SMILES string of the molecule is Cc1cccc2sc(NC(=O)C3CC4CCCC(C3)C4N)nc12.Cl. The maximum atomic E-state index is 12.7. The number of anilines is 1. The van der Waals surface area contributed by atoms with E-state index in [4.69, 9.17) is 5.73 Å². The van der Waals surface area contributed by atoms with E-state index in [-0.39, 0.29) is 24.2 Å². The topological polar surface area (TPSA) is 68.0 Å². The van der Waals surface area contributed by atoms with Crippen LogP contribution in [0.5, 0.6) is 0 Å². The first-order valence-electron chi connectivity index (χ1n) is 8.54. The minimum Gasteiger partial charge on any atom is -0.327 e. The minimum absolute atomic E-state index is 0. The van der Waals surface area contributed by atoms with Crippen LogP contribution in [0.25, 0.3) is 10.2 Å². The number of nitrogens with two attached hydrogens (primary N) is 1. The second kappa shape index (κ2) is 6.98. The fraction of sp³-hybridized carbons (Fsp3) is 0.556. The van der Waals surface area contributed by atoms with Crippen molar-refractivity contribution in [1.29, 1.82) is 0 Å². The zero-order valence-electron chi connectivity index (χ0n) is 13.8. The zero-order valence-corrected chi connectivity index (χ0v) is 15.5. The lowest BCUT2D eigenvalue weighted by Crippen LogP contribution is -2.48. The standard InChI is InChI=1S/C18H23N3OS.ClH/c1-10-4-2-7-14-16(10)20-18(23-14)21-17(22)13-8-11-5-3-6-12(9-13)15(11)19;/h2,4,7,11-13,15H,3,5-6,8-9,19H2,1H3,(H,20,21,22);1H. The molecule has 2 unspecified atom stereocenters. The number of nitrogens with zero attached hydrogens (tertiary/aromatic N) is 1. The van der Waals surface area contributed by atoms with Gasteiger partial charge in [-0.2, -0.15) is 0 Å². The minimum atomic E-state index is 0. The second-order valence-electron chi connectivity index (χ2n) is 7.13. The Morgan fingerprint density at radius 2 is 2.00 bits per heavy atom. The molecule has 2 aliphatic rings. The van der Waals surface area contributed by atoms with Gasteiger partial charge in [0.05, 0.1) is 10.2 Å². The van der Waals surface area contributed by atoms with Crippen molar-refractivity contribution >= 4 is 45.0 Å². The van der Waals surface area contributed by atoms with E-state index < -0.39 is 0 Å². The molecule has 1 amide bonds. The van der Waals surface area contributed by atoms with Gasteiger partial charge in [0.1, 0.15) is 0 Å². The third kappa shape index (κ3) is 3.17. The maximum Gasteiger partial charge on any atom is 0.229 e. The number of rotatable bonds is 2. The highest BCUT2D eigenvalue weighted by atomic mass is 35.5. The first-order chi connectivity index (χ1) is 11.1. The molecule has 2 aliphatic carbocycles. The lowest BCUT2D eigenvalue weighted by molar-refractivity contribution is -0.122. The van der Waals surface area contributed by atoms with Crippen LogP contribution >= 0.6 is 23.7 Å². The van der Waals surface area contributed by atoms with Crippen LogP contribution in [0.2, 0.25) is 0 Å². The second-order valence-corrected chi connectivity index (χ2v) is 8.16. The van der Waals surface area contributed by atoms with Crippen LogP contribution in [-0.4, -0.2) is 16.9 Å². The van der Waals surface area contributed by atoms with E-state index in [9.17, 15) is 4.79 Å². The predicted molar refractivity (Wildman–Crippen MR) is 102 cm³/mol. The van der Waals surface area contributed by atoms with Crippen LogP contribution in [0.15, 0.2) is 18.2 Å². The lowest BCUT2D eigenvalue weighted by atomic mass is 9.65. The molecule has 1 aromatic heterocycles. The summed E-state index contributed by atoms with van der Waals surface area (Å²) >= 11 is 1.56. The molecule has 0 spiro atoms. The fourth-order valence-corrected chi connectivity index (χ4v) is 5.30. The van der Waals surface area contributed by atoms with E-state index in [1.807, 2.05) is 6.07 Å². The number of nitrogens with one attached hydrogen (secondary N) is 1. The van der Waals surface area contributed by atoms with E-state index in [0.717, 1.165) is 33.8 Å². The molecule has 1 heterocycles. The van der Waals surface area contributed by atoms with E-state index in [0.29, 0.717) is 17.9 Å². The Kier molecular flexibility index (Phi) is 5.13. The largest absolute Gasteiger partial charge is 0.327 e. The molecular formula is C18H24ClN3OS. The normalized spacial score (nSPS) is 29.1. The van der Waals surface area contributed by atoms with Crippen LogP contribution < -0.4 is 11.1 Å². The molecule has 3 N–H and O–H groups in total. The quantitative estimate of drug-likeness (QED) is 0.841. The van der Waals surface area contributed by atoms with E-state index >= 15 is 0 Å². The average molecular weight is 366 g/mol. The van der Waals surface area contributed by atoms with Gasteiger partial charge >= 0.3 is 0 Å². The Bertz CT molecular complexity index is 733. The lowest BCUT2D eigenvalue weighted by Gasteiger charge is -2.43. The number of aryl methyl sites for hydroxylation is 1. The van der Waals surface area contributed by atoms with Crippen LogP contribution in [0, 0.1) is 24.7 Å². The van der Waals surface area contributed by atoms with Gasteiger partial charge in [-0.25, -0.2) is 4.98 Å². The Morgan fingerprint density at radius 3 is 2.67 bits per heavy atom. The van der Waals surface area contributed by atoms with Gasteiger partial charge in [0.15, 0.2) is 5.13 Å². The summed E-state index contributed by atoms with van der Waals surface area (Å²) in [6.45, 7) is 2.05. The Balaban J connectivity index is 0.00000169. The maximum absolute atomic E-state index is 12.7. The number of amides is 1. The van der Waals surface area contributed by atoms with Crippen molar-refractivity contribution < 1.29 is 4.79 Å². The van der Waals surface area contributed by atoms with E-state index in [1.54, 1.807) is 11.3 Å². The zero-order chi connectivity index (χ0) is 16.0. The number of fused-ring (bicyclic) bond motifs is 3. The number of para-hydroxylation sites is 1. The molecule has 1 aromatic carbocycles. The van der Waals surface area contributed by atoms with Crippen LogP contribution in [0.3, 0.4) is 0 Å². The Morgan fingerprint density at radius 1 is 1.29 bits per heavy atom. The molecule has 130 valence electrons. The molecule has 0 radical (unpaired) electrons. The molecule has 2 saturated carbocycles. The molecule has 2 bridgehead atoms. The molecule has 2 fully saturated rings. The van der Waals surface area contributed by atoms with Gasteiger partial charge in [0.2, 0.25) is 5.91 Å². The van der Waals surface area contributed by atoms with Crippen molar-refractivity contribution in [3.8, 4) is 0 Å². The Labute approximate surface area is 152 Å². The number of halogens is 1. The number of hydrogen-bond donors (Lipinski definition) is 2. The molecule has 0 saturated heterocycles. The Hall–Kier alpha value is -1.17. The van der Waals surface area contributed by atoms with Gasteiger partial charge in [-0.3, -0.25) is 4.79 Å².